The molecule has 0 fully saturated rings. The van der Waals surface area contributed by atoms with Crippen molar-refractivity contribution in [2.75, 3.05) is 0 Å². The molecular weight excluding hydrogens is 132 g/mol. The summed E-state index contributed by atoms with van der Waals surface area (Å²) < 4.78 is 11.8. The first-order valence-corrected chi connectivity index (χ1v) is 3.21. The second-order valence-electron chi connectivity index (χ2n) is 1.29. The van der Waals surface area contributed by atoms with Crippen molar-refractivity contribution in [1.82, 2.24) is 0 Å². The Kier molecular flexibility index (Phi) is 3.05. The van der Waals surface area contributed by atoms with E-state index >= 15 is 0 Å². The van der Waals surface area contributed by atoms with Crippen LogP contribution in [0.5, 0.6) is 0 Å². The highest BCUT2D eigenvalue weighted by Gasteiger charge is 2.14. The number of rotatable bonds is 2. The van der Waals surface area contributed by atoms with E-state index in [9.17, 15) is 4.39 Å². The second-order valence-corrected chi connectivity index (χ2v) is 2.35. The summed E-state index contributed by atoms with van der Waals surface area (Å²) >= 11 is 0. The monoisotopic (exact) mass is 139 g/mol. The predicted molar refractivity (Wildman–Crippen MR) is 29.7 cm³/mol. The molecule has 0 bridgehead atoms. The molecule has 0 heterocycles. The Bertz CT molecular complexity index is 85.3. The van der Waals surface area contributed by atoms with Gasteiger partial charge in [0.05, 0.1) is 0 Å². The molecule has 0 saturated carbocycles. The zero-order valence-corrected chi connectivity index (χ0v) is 5.19. The van der Waals surface area contributed by atoms with Gasteiger partial charge in [-0.1, -0.05) is 0 Å². The fourth-order valence-corrected chi connectivity index (χ4v) is 0.477. The minimum atomic E-state index is -2.49. The maximum atomic E-state index is 11.8. The highest BCUT2D eigenvalue weighted by molar-refractivity contribution is 7.64. The molecule has 0 aromatic rings. The van der Waals surface area contributed by atoms with E-state index in [1.165, 1.54) is 0 Å². The van der Waals surface area contributed by atoms with Crippen molar-refractivity contribution in [1.29, 1.82) is 5.41 Å². The van der Waals surface area contributed by atoms with Gasteiger partial charge >= 0.3 is 0 Å². The van der Waals surface area contributed by atoms with Gasteiger partial charge in [0.1, 0.15) is 11.6 Å². The normalized spacial score (nSPS) is 14.1. The number of hydrogen-bond donors (Lipinski definition) is 3. The van der Waals surface area contributed by atoms with E-state index in [2.05, 4.69) is 0 Å². The molecule has 0 radical (unpaired) electrons. The van der Waals surface area contributed by atoms with Gasteiger partial charge in [-0.05, 0) is 6.92 Å². The highest BCUT2D eigenvalue weighted by atomic mass is 31.2. The van der Waals surface area contributed by atoms with Gasteiger partial charge < -0.3 is 9.79 Å². The van der Waals surface area contributed by atoms with Crippen LogP contribution in [0.25, 0.3) is 0 Å². The van der Waals surface area contributed by atoms with Crippen molar-refractivity contribution in [3.05, 3.63) is 0 Å². The SMILES string of the molecule is C[C@H](F)C(=N)P(O)O. The molecule has 0 spiro atoms. The number of hydrogen-bond acceptors (Lipinski definition) is 3. The molecule has 0 aliphatic heterocycles. The molecule has 8 heavy (non-hydrogen) atoms. The zero-order chi connectivity index (χ0) is 6.73. The maximum absolute atomic E-state index is 11.8. The van der Waals surface area contributed by atoms with E-state index in [1.807, 2.05) is 0 Å². The molecule has 0 unspecified atom stereocenters. The van der Waals surface area contributed by atoms with Crippen LogP contribution in [0.15, 0.2) is 0 Å². The molecule has 0 aliphatic rings. The Morgan fingerprint density at radius 3 is 2.12 bits per heavy atom. The Hall–Kier alpha value is -0.0500. The van der Waals surface area contributed by atoms with E-state index in [-0.39, 0.29) is 0 Å². The van der Waals surface area contributed by atoms with Crippen molar-refractivity contribution < 1.29 is 14.2 Å². The van der Waals surface area contributed by atoms with E-state index < -0.39 is 20.0 Å². The smallest absolute Gasteiger partial charge is 0.217 e. The fraction of sp³-hybridized carbons (Fsp3) is 0.667. The third kappa shape index (κ3) is 2.31. The van der Waals surface area contributed by atoms with Gasteiger partial charge in [0.15, 0.2) is 0 Å². The molecular formula is C3H7FNO2P. The van der Waals surface area contributed by atoms with Crippen LogP contribution in [0.2, 0.25) is 0 Å². The van der Waals surface area contributed by atoms with Crippen LogP contribution in [0.4, 0.5) is 4.39 Å². The summed E-state index contributed by atoms with van der Waals surface area (Å²) in [5, 5.41) is 6.55. The van der Waals surface area contributed by atoms with E-state index in [4.69, 9.17) is 15.2 Å². The van der Waals surface area contributed by atoms with E-state index in [0.29, 0.717) is 0 Å². The lowest BCUT2D eigenvalue weighted by molar-refractivity contribution is 0.445. The quantitative estimate of drug-likeness (QED) is 0.387. The molecule has 0 aromatic carbocycles. The molecule has 0 rings (SSSR count). The summed E-state index contributed by atoms with van der Waals surface area (Å²) in [4.78, 5) is 16.3. The van der Waals surface area contributed by atoms with E-state index in [1.54, 1.807) is 0 Å². The summed E-state index contributed by atoms with van der Waals surface area (Å²) in [5.74, 6) is 0. The van der Waals surface area contributed by atoms with Gasteiger partial charge in [0, 0.05) is 0 Å². The van der Waals surface area contributed by atoms with Crippen LogP contribution in [-0.2, 0) is 0 Å². The first-order chi connectivity index (χ1) is 3.55. The average molecular weight is 139 g/mol. The molecule has 0 aliphatic carbocycles. The molecule has 3 nitrogen and oxygen atoms in total. The number of alkyl halides is 1. The minimum Gasteiger partial charge on any atom is -0.346 e. The van der Waals surface area contributed by atoms with Crippen molar-refractivity contribution in [2.45, 2.75) is 13.1 Å². The Morgan fingerprint density at radius 2 is 2.12 bits per heavy atom. The van der Waals surface area contributed by atoms with E-state index in [0.717, 1.165) is 6.92 Å². The Balaban J connectivity index is 3.65. The number of halogens is 1. The second kappa shape index (κ2) is 3.07. The average Bonchev–Trinajstić information content (AvgIpc) is 1.64. The fourth-order valence-electron chi connectivity index (χ4n) is 0.159. The lowest BCUT2D eigenvalue weighted by Gasteiger charge is -2.02. The lowest BCUT2D eigenvalue weighted by atomic mass is 10.5. The molecule has 48 valence electrons. The first-order valence-electron chi connectivity index (χ1n) is 1.96. The van der Waals surface area contributed by atoms with Gasteiger partial charge in [-0.2, -0.15) is 0 Å². The molecule has 3 N–H and O–H groups in total. The molecule has 1 atom stereocenters. The van der Waals surface area contributed by atoms with Crippen LogP contribution in [0.1, 0.15) is 6.92 Å². The van der Waals surface area contributed by atoms with Crippen LogP contribution < -0.4 is 0 Å². The van der Waals surface area contributed by atoms with Crippen LogP contribution in [0, 0.1) is 5.41 Å². The van der Waals surface area contributed by atoms with Gasteiger partial charge in [-0.3, -0.25) is 5.41 Å². The van der Waals surface area contributed by atoms with Crippen LogP contribution in [0.3, 0.4) is 0 Å². The van der Waals surface area contributed by atoms with Crippen molar-refractivity contribution in [2.24, 2.45) is 0 Å². The maximum Gasteiger partial charge on any atom is 0.217 e. The minimum absolute atomic E-state index is 0.639. The molecule has 0 aromatic heterocycles. The highest BCUT2D eigenvalue weighted by Crippen LogP contribution is 2.26. The lowest BCUT2D eigenvalue weighted by Crippen LogP contribution is -2.06. The summed E-state index contributed by atoms with van der Waals surface area (Å²) in [7, 11) is -2.49. The summed E-state index contributed by atoms with van der Waals surface area (Å²) in [6, 6.07) is 0. The summed E-state index contributed by atoms with van der Waals surface area (Å²) in [6.45, 7) is 1.09. The van der Waals surface area contributed by atoms with Crippen molar-refractivity contribution in [3.8, 4) is 0 Å². The third-order valence-corrected chi connectivity index (χ3v) is 1.38. The largest absolute Gasteiger partial charge is 0.346 e. The molecule has 5 heteroatoms. The van der Waals surface area contributed by atoms with Crippen molar-refractivity contribution in [3.63, 3.8) is 0 Å². The topological polar surface area (TPSA) is 64.3 Å². The van der Waals surface area contributed by atoms with Gasteiger partial charge in [-0.15, -0.1) is 0 Å². The molecule has 0 amide bonds. The van der Waals surface area contributed by atoms with Crippen molar-refractivity contribution >= 4 is 13.8 Å². The predicted octanol–water partition coefficient (Wildman–Crippen LogP) is 0.618. The standard InChI is InChI=1S/C3H7FNO2P/c1-2(4)3(5)8(6)7/h2,5-7H,1H3/t2-/m0/s1. The third-order valence-electron chi connectivity index (χ3n) is 0.592. The Morgan fingerprint density at radius 1 is 1.75 bits per heavy atom. The van der Waals surface area contributed by atoms with Gasteiger partial charge in [-0.25, -0.2) is 4.39 Å². The Labute approximate surface area is 47.6 Å². The van der Waals surface area contributed by atoms with Gasteiger partial charge in [0.2, 0.25) is 8.38 Å². The molecule has 0 saturated heterocycles. The number of nitrogens with one attached hydrogen (secondary N) is 1. The summed E-state index contributed by atoms with van der Waals surface area (Å²) in [6.07, 6.45) is -1.55. The first kappa shape index (κ1) is 7.95. The van der Waals surface area contributed by atoms with Gasteiger partial charge in [0.25, 0.3) is 0 Å². The van der Waals surface area contributed by atoms with Crippen LogP contribution in [-0.4, -0.2) is 21.4 Å². The van der Waals surface area contributed by atoms with Crippen LogP contribution >= 0.6 is 8.38 Å². The zero-order valence-electron chi connectivity index (χ0n) is 4.30. The summed E-state index contributed by atoms with van der Waals surface area (Å²) in [5.41, 5.74) is -0.639.